The van der Waals surface area contributed by atoms with Gasteiger partial charge in [-0.15, -0.1) is 0 Å². The fourth-order valence-corrected chi connectivity index (χ4v) is 4.35. The molecule has 10 heteroatoms. The van der Waals surface area contributed by atoms with Crippen LogP contribution in [0.3, 0.4) is 0 Å². The summed E-state index contributed by atoms with van der Waals surface area (Å²) in [6.07, 6.45) is -0.668. The number of carboxylic acid groups (broad SMARTS) is 1. The normalized spacial score (nSPS) is 12.4. The molecule has 2 aromatic carbocycles. The smallest absolute Gasteiger partial charge is 0.335 e. The van der Waals surface area contributed by atoms with Crippen LogP contribution in [0.5, 0.6) is 0 Å². The molecule has 2 aromatic rings. The van der Waals surface area contributed by atoms with E-state index in [9.17, 15) is 27.5 Å². The lowest BCUT2D eigenvalue weighted by Crippen LogP contribution is -2.27. The maximum Gasteiger partial charge on any atom is 0.335 e. The Hall–Kier alpha value is -2.75. The van der Waals surface area contributed by atoms with Crippen molar-refractivity contribution in [2.75, 3.05) is 13.2 Å². The van der Waals surface area contributed by atoms with Crippen molar-refractivity contribution in [3.05, 3.63) is 70.0 Å². The van der Waals surface area contributed by atoms with Gasteiger partial charge in [-0.2, -0.15) is 0 Å². The van der Waals surface area contributed by atoms with Gasteiger partial charge in [-0.1, -0.05) is 43.6 Å². The maximum absolute atomic E-state index is 13.8. The molecule has 0 aromatic heterocycles. The molecule has 0 atom stereocenters. The molecule has 2 N–H and O–H groups in total. The highest BCUT2D eigenvalue weighted by Crippen LogP contribution is 2.32. The van der Waals surface area contributed by atoms with Crippen molar-refractivity contribution < 1.29 is 32.2 Å². The van der Waals surface area contributed by atoms with Gasteiger partial charge in [0.2, 0.25) is 10.0 Å². The number of aliphatic carboxylic acids is 1. The molecule has 0 bridgehead atoms. The predicted molar refractivity (Wildman–Crippen MR) is 123 cm³/mol. The van der Waals surface area contributed by atoms with Crippen molar-refractivity contribution >= 4 is 39.1 Å². The van der Waals surface area contributed by atoms with E-state index in [1.165, 1.54) is 36.4 Å². The molecular formula is C23H25ClFNO6S. The molecule has 0 radical (unpaired) electrons. The Morgan fingerprint density at radius 2 is 1.73 bits per heavy atom. The van der Waals surface area contributed by atoms with Gasteiger partial charge in [0.05, 0.1) is 28.5 Å². The number of nitrogens with one attached hydrogen (secondary N) is 1. The Morgan fingerprint density at radius 3 is 2.24 bits per heavy atom. The summed E-state index contributed by atoms with van der Waals surface area (Å²) in [5.74, 6) is -2.71. The van der Waals surface area contributed by atoms with E-state index in [4.69, 9.17) is 16.3 Å². The number of benzene rings is 2. The van der Waals surface area contributed by atoms with Crippen molar-refractivity contribution in [3.63, 3.8) is 0 Å². The Balaban J connectivity index is 2.68. The van der Waals surface area contributed by atoms with Crippen molar-refractivity contribution in [3.8, 4) is 0 Å². The third kappa shape index (κ3) is 7.12. The zero-order valence-corrected chi connectivity index (χ0v) is 20.0. The molecule has 0 heterocycles. The number of ether oxygens (including phenoxy) is 1. The first-order valence-electron chi connectivity index (χ1n) is 10.1. The van der Waals surface area contributed by atoms with E-state index in [0.29, 0.717) is 5.56 Å². The average Bonchev–Trinajstić information content (AvgIpc) is 2.74. The highest BCUT2D eigenvalue weighted by Gasteiger charge is 2.24. The van der Waals surface area contributed by atoms with Gasteiger partial charge in [-0.25, -0.2) is 22.3 Å². The van der Waals surface area contributed by atoms with Gasteiger partial charge in [-0.3, -0.25) is 4.79 Å². The van der Waals surface area contributed by atoms with Crippen LogP contribution in [0.1, 0.15) is 38.3 Å². The van der Waals surface area contributed by atoms with E-state index in [2.05, 4.69) is 4.72 Å². The Labute approximate surface area is 197 Å². The zero-order chi connectivity index (χ0) is 24.8. The summed E-state index contributed by atoms with van der Waals surface area (Å²) < 4.78 is 46.3. The molecule has 33 heavy (non-hydrogen) atoms. The summed E-state index contributed by atoms with van der Waals surface area (Å²) in [6.45, 7) is 5.59. The zero-order valence-electron chi connectivity index (χ0n) is 18.4. The molecule has 0 saturated carbocycles. The first kappa shape index (κ1) is 26.5. The molecule has 0 aliphatic rings. The summed E-state index contributed by atoms with van der Waals surface area (Å²) in [4.78, 5) is 24.1. The van der Waals surface area contributed by atoms with Crippen LogP contribution < -0.4 is 4.72 Å². The highest BCUT2D eigenvalue weighted by molar-refractivity contribution is 7.89. The van der Waals surface area contributed by atoms with Gasteiger partial charge in [-0.05, 0) is 53.8 Å². The second-order valence-corrected chi connectivity index (χ2v) is 9.72. The van der Waals surface area contributed by atoms with Crippen molar-refractivity contribution in [2.24, 2.45) is 5.92 Å². The quantitative estimate of drug-likeness (QED) is 0.375. The third-order valence-corrected chi connectivity index (χ3v) is 6.22. The minimum absolute atomic E-state index is 0.000641. The molecule has 0 saturated heterocycles. The van der Waals surface area contributed by atoms with E-state index < -0.39 is 34.2 Å². The monoisotopic (exact) mass is 497 g/mol. The summed E-state index contributed by atoms with van der Waals surface area (Å²) in [5, 5.41) is 9.16. The van der Waals surface area contributed by atoms with Crippen LogP contribution in [0.2, 0.25) is 5.02 Å². The fraction of sp³-hybridized carbons (Fsp3) is 0.304. The van der Waals surface area contributed by atoms with Crippen LogP contribution in [-0.2, 0) is 24.3 Å². The van der Waals surface area contributed by atoms with Crippen LogP contribution in [-0.4, -0.2) is 38.6 Å². The highest BCUT2D eigenvalue weighted by atomic mass is 35.5. The lowest BCUT2D eigenvalue weighted by Gasteiger charge is -2.16. The summed E-state index contributed by atoms with van der Waals surface area (Å²) >= 11 is 5.92. The summed E-state index contributed by atoms with van der Waals surface area (Å²) in [7, 11) is -3.76. The molecule has 0 aliphatic heterocycles. The van der Waals surface area contributed by atoms with Crippen LogP contribution >= 0.6 is 11.6 Å². The summed E-state index contributed by atoms with van der Waals surface area (Å²) in [6, 6.07) is 9.28. The molecule has 0 unspecified atom stereocenters. The van der Waals surface area contributed by atoms with Gasteiger partial charge < -0.3 is 9.84 Å². The lowest BCUT2D eigenvalue weighted by molar-refractivity contribution is -0.142. The molecule has 0 aliphatic carbocycles. The number of sulfonamides is 1. The van der Waals surface area contributed by atoms with Crippen LogP contribution in [0.4, 0.5) is 4.39 Å². The number of esters is 1. The number of carbonyl (C=O) groups is 2. The van der Waals surface area contributed by atoms with Gasteiger partial charge in [0.1, 0.15) is 5.82 Å². The average molecular weight is 498 g/mol. The van der Waals surface area contributed by atoms with Gasteiger partial charge in [0, 0.05) is 6.54 Å². The number of carboxylic acids is 1. The molecule has 2 rings (SSSR count). The molecule has 178 valence electrons. The van der Waals surface area contributed by atoms with Crippen LogP contribution in [0, 0.1) is 11.7 Å². The number of rotatable bonds is 10. The topological polar surface area (TPSA) is 110 Å². The third-order valence-electron chi connectivity index (χ3n) is 4.49. The Bertz CT molecular complexity index is 1160. The van der Waals surface area contributed by atoms with Gasteiger partial charge in [0.15, 0.2) is 0 Å². The van der Waals surface area contributed by atoms with Crippen LogP contribution in [0.15, 0.2) is 52.9 Å². The van der Waals surface area contributed by atoms with Gasteiger partial charge in [0.25, 0.3) is 0 Å². The van der Waals surface area contributed by atoms with Crippen molar-refractivity contribution in [1.29, 1.82) is 0 Å². The molecule has 0 spiro atoms. The standard InChI is InChI=1S/C23H25ClFNO6S/c1-4-32-23(29)18(12-21(27)28)22(16-7-10-20(25)19(24)11-16)15-5-8-17(9-6-15)33(30,31)26-13-14(2)3/h5-11,14,26H,4,12-13H2,1-3H3,(H,27,28). The van der Waals surface area contributed by atoms with E-state index >= 15 is 0 Å². The Morgan fingerprint density at radius 1 is 1.12 bits per heavy atom. The molecular weight excluding hydrogens is 473 g/mol. The van der Waals surface area contributed by atoms with E-state index in [-0.39, 0.29) is 45.7 Å². The van der Waals surface area contributed by atoms with E-state index in [0.717, 1.165) is 6.07 Å². The number of hydrogen-bond donors (Lipinski definition) is 2. The first-order chi connectivity index (χ1) is 15.5. The second kappa shape index (κ2) is 11.4. The molecule has 0 fully saturated rings. The van der Waals surface area contributed by atoms with E-state index in [1.54, 1.807) is 6.92 Å². The summed E-state index contributed by atoms with van der Waals surface area (Å²) in [5.41, 5.74) is 0.585. The van der Waals surface area contributed by atoms with Crippen LogP contribution in [0.25, 0.3) is 5.57 Å². The van der Waals surface area contributed by atoms with E-state index in [1.807, 2.05) is 13.8 Å². The largest absolute Gasteiger partial charge is 0.481 e. The lowest BCUT2D eigenvalue weighted by atomic mass is 9.91. The fourth-order valence-electron chi connectivity index (χ4n) is 2.96. The number of halogens is 2. The van der Waals surface area contributed by atoms with Crippen molar-refractivity contribution in [1.82, 2.24) is 4.72 Å². The minimum Gasteiger partial charge on any atom is -0.481 e. The number of hydrogen-bond acceptors (Lipinski definition) is 5. The second-order valence-electron chi connectivity index (χ2n) is 7.54. The van der Waals surface area contributed by atoms with Gasteiger partial charge >= 0.3 is 11.9 Å². The predicted octanol–water partition coefficient (Wildman–Crippen LogP) is 4.25. The number of carbonyl (C=O) groups excluding carboxylic acids is 1. The minimum atomic E-state index is -3.76. The SMILES string of the molecule is CCOC(=O)C(CC(=O)O)=C(c1ccc(S(=O)(=O)NCC(C)C)cc1)c1ccc(F)c(Cl)c1. The Kier molecular flexibility index (Phi) is 9.16. The van der Waals surface area contributed by atoms with Crippen molar-refractivity contribution in [2.45, 2.75) is 32.1 Å². The molecule has 7 nitrogen and oxygen atoms in total. The molecule has 0 amide bonds. The first-order valence-corrected chi connectivity index (χ1v) is 12.0. The maximum atomic E-state index is 13.8.